The molecular weight excluding hydrogens is 400 g/mol. The van der Waals surface area contributed by atoms with Gasteiger partial charge in [0.1, 0.15) is 0 Å². The fourth-order valence-corrected chi connectivity index (χ4v) is 3.90. The number of hydrogen-bond acceptors (Lipinski definition) is 5. The van der Waals surface area contributed by atoms with Crippen LogP contribution in [0, 0.1) is 0 Å². The summed E-state index contributed by atoms with van der Waals surface area (Å²) in [5.74, 6) is 0.629. The number of Topliss-reactive ketones (excluding diaryl/α,β-unsaturated/α-hetero) is 1. The van der Waals surface area contributed by atoms with Crippen LogP contribution in [-0.4, -0.2) is 37.9 Å². The predicted molar refractivity (Wildman–Crippen MR) is 123 cm³/mol. The Hall–Kier alpha value is -4.10. The van der Waals surface area contributed by atoms with Crippen LogP contribution >= 0.6 is 0 Å². The van der Waals surface area contributed by atoms with E-state index in [9.17, 15) is 4.79 Å². The monoisotopic (exact) mass is 422 g/mol. The fraction of sp³-hybridized carbons (Fsp3) is 0.120. The molecule has 0 unspecified atom stereocenters. The summed E-state index contributed by atoms with van der Waals surface area (Å²) >= 11 is 0. The number of hydrogen-bond donors (Lipinski definition) is 3. The van der Waals surface area contributed by atoms with Crippen LogP contribution in [0.25, 0.3) is 22.3 Å². The average Bonchev–Trinajstić information content (AvgIpc) is 3.53. The lowest BCUT2D eigenvalue weighted by atomic mass is 9.96. The number of carbonyl (C=O) groups excluding carboxylic acids is 1. The van der Waals surface area contributed by atoms with E-state index in [0.717, 1.165) is 34.0 Å². The number of nitrogens with one attached hydrogen (secondary N) is 3. The number of benzene rings is 3. The van der Waals surface area contributed by atoms with E-state index in [1.807, 2.05) is 78.9 Å². The Balaban J connectivity index is 1.32. The van der Waals surface area contributed by atoms with Crippen LogP contribution in [0.5, 0.6) is 0 Å². The van der Waals surface area contributed by atoms with Gasteiger partial charge in [-0.1, -0.05) is 72.8 Å². The maximum atomic E-state index is 13.5. The number of rotatable bonds is 8. The minimum atomic E-state index is -0.422. The van der Waals surface area contributed by atoms with Crippen LogP contribution < -0.4 is 5.32 Å². The standard InChI is InChI=1S/C25H22N6O/c32-24(21-16-27-22-9-5-4-8-20(21)22)23(18-6-2-1-3-7-18)26-15-14-17-10-12-19(13-11-17)25-28-30-31-29-25/h1-13,16,23,26-27H,14-15H2,(H,28,29,30,31)/t23-/m1/s1. The van der Waals surface area contributed by atoms with Gasteiger partial charge < -0.3 is 10.3 Å². The van der Waals surface area contributed by atoms with Crippen molar-refractivity contribution in [2.75, 3.05) is 6.54 Å². The van der Waals surface area contributed by atoms with Crippen molar-refractivity contribution in [3.8, 4) is 11.4 Å². The third-order valence-electron chi connectivity index (χ3n) is 5.57. The molecule has 5 rings (SSSR count). The van der Waals surface area contributed by atoms with Gasteiger partial charge in [-0.15, -0.1) is 10.2 Å². The minimum Gasteiger partial charge on any atom is -0.360 e. The van der Waals surface area contributed by atoms with Gasteiger partial charge in [-0.25, -0.2) is 0 Å². The lowest BCUT2D eigenvalue weighted by molar-refractivity contribution is 0.0945. The maximum Gasteiger partial charge on any atom is 0.204 e. The lowest BCUT2D eigenvalue weighted by Gasteiger charge is -2.18. The van der Waals surface area contributed by atoms with Crippen molar-refractivity contribution in [1.29, 1.82) is 0 Å². The second-order valence-electron chi connectivity index (χ2n) is 7.59. The Morgan fingerprint density at radius 2 is 1.72 bits per heavy atom. The van der Waals surface area contributed by atoms with Crippen LogP contribution in [0.3, 0.4) is 0 Å². The molecule has 0 saturated carbocycles. The molecule has 3 aromatic carbocycles. The fourth-order valence-electron chi connectivity index (χ4n) is 3.90. The molecule has 0 aliphatic heterocycles. The van der Waals surface area contributed by atoms with Crippen LogP contribution in [0.4, 0.5) is 0 Å². The topological polar surface area (TPSA) is 99.4 Å². The molecule has 0 spiro atoms. The number of H-pyrrole nitrogens is 2. The molecule has 5 aromatic rings. The molecule has 0 radical (unpaired) electrons. The average molecular weight is 422 g/mol. The Morgan fingerprint density at radius 1 is 0.938 bits per heavy atom. The highest BCUT2D eigenvalue weighted by Gasteiger charge is 2.23. The summed E-state index contributed by atoms with van der Waals surface area (Å²) in [7, 11) is 0. The number of fused-ring (bicyclic) bond motifs is 1. The van der Waals surface area contributed by atoms with Gasteiger partial charge in [-0.05, 0) is 28.8 Å². The molecule has 32 heavy (non-hydrogen) atoms. The predicted octanol–water partition coefficient (Wildman–Crippen LogP) is 4.10. The molecule has 0 aliphatic rings. The summed E-state index contributed by atoms with van der Waals surface area (Å²) < 4.78 is 0. The van der Waals surface area contributed by atoms with Crippen molar-refractivity contribution in [3.63, 3.8) is 0 Å². The van der Waals surface area contributed by atoms with E-state index in [1.165, 1.54) is 0 Å². The third kappa shape index (κ3) is 4.06. The van der Waals surface area contributed by atoms with Crippen LogP contribution in [0.1, 0.15) is 27.5 Å². The first-order chi connectivity index (χ1) is 15.8. The number of carbonyl (C=O) groups is 1. The molecular formula is C25H22N6O. The van der Waals surface area contributed by atoms with Gasteiger partial charge in [-0.3, -0.25) is 4.79 Å². The second kappa shape index (κ2) is 8.95. The molecule has 3 N–H and O–H groups in total. The zero-order chi connectivity index (χ0) is 21.8. The summed E-state index contributed by atoms with van der Waals surface area (Å²) in [6, 6.07) is 25.4. The zero-order valence-electron chi connectivity index (χ0n) is 17.3. The SMILES string of the molecule is O=C(c1c[nH]c2ccccc12)[C@H](NCCc1ccc(-c2nn[nH]n2)cc1)c1ccccc1. The summed E-state index contributed by atoms with van der Waals surface area (Å²) in [4.78, 5) is 16.7. The molecule has 2 aromatic heterocycles. The van der Waals surface area contributed by atoms with Gasteiger partial charge in [0.15, 0.2) is 5.78 Å². The van der Waals surface area contributed by atoms with Crippen molar-refractivity contribution in [1.82, 2.24) is 30.9 Å². The highest BCUT2D eigenvalue weighted by molar-refractivity contribution is 6.10. The Kier molecular flexibility index (Phi) is 5.55. The number of nitrogens with zero attached hydrogens (tertiary/aromatic N) is 3. The molecule has 2 heterocycles. The normalized spacial score (nSPS) is 12.1. The van der Waals surface area contributed by atoms with E-state index in [1.54, 1.807) is 6.20 Å². The highest BCUT2D eigenvalue weighted by Crippen LogP contribution is 2.25. The number of para-hydroxylation sites is 1. The zero-order valence-corrected chi connectivity index (χ0v) is 17.3. The lowest BCUT2D eigenvalue weighted by Crippen LogP contribution is -2.30. The maximum absolute atomic E-state index is 13.5. The summed E-state index contributed by atoms with van der Waals surface area (Å²) in [6.45, 7) is 0.662. The summed E-state index contributed by atoms with van der Waals surface area (Å²) in [6.07, 6.45) is 2.60. The van der Waals surface area contributed by atoms with E-state index in [-0.39, 0.29) is 5.78 Å². The van der Waals surface area contributed by atoms with Gasteiger partial charge in [0.05, 0.1) is 6.04 Å². The van der Waals surface area contributed by atoms with E-state index in [2.05, 4.69) is 30.9 Å². The van der Waals surface area contributed by atoms with Gasteiger partial charge in [0.2, 0.25) is 5.82 Å². The second-order valence-corrected chi connectivity index (χ2v) is 7.59. The van der Waals surface area contributed by atoms with Crippen molar-refractivity contribution < 1.29 is 4.79 Å². The van der Waals surface area contributed by atoms with Gasteiger partial charge in [0, 0.05) is 34.8 Å². The van der Waals surface area contributed by atoms with Crippen molar-refractivity contribution in [3.05, 3.63) is 102 Å². The van der Waals surface area contributed by atoms with E-state index >= 15 is 0 Å². The Bertz CT molecular complexity index is 1310. The minimum absolute atomic E-state index is 0.0566. The van der Waals surface area contributed by atoms with Crippen molar-refractivity contribution >= 4 is 16.7 Å². The molecule has 0 amide bonds. The highest BCUT2D eigenvalue weighted by atomic mass is 16.1. The molecule has 1 atom stereocenters. The van der Waals surface area contributed by atoms with E-state index in [0.29, 0.717) is 17.9 Å². The molecule has 0 bridgehead atoms. The summed E-state index contributed by atoms with van der Waals surface area (Å²) in [5, 5.41) is 18.5. The molecule has 0 aliphatic carbocycles. The number of aromatic nitrogens is 5. The smallest absolute Gasteiger partial charge is 0.204 e. The molecule has 158 valence electrons. The molecule has 7 nitrogen and oxygen atoms in total. The number of tetrazole rings is 1. The molecule has 0 fully saturated rings. The van der Waals surface area contributed by atoms with Crippen LogP contribution in [0.2, 0.25) is 0 Å². The number of ketones is 1. The Labute approximate surface area is 184 Å². The molecule has 7 heteroatoms. The van der Waals surface area contributed by atoms with Gasteiger partial charge in [0.25, 0.3) is 0 Å². The van der Waals surface area contributed by atoms with E-state index in [4.69, 9.17) is 0 Å². The quantitative estimate of drug-likeness (QED) is 0.327. The summed E-state index contributed by atoms with van der Waals surface area (Å²) in [5.41, 5.74) is 4.69. The first-order valence-electron chi connectivity index (χ1n) is 10.5. The van der Waals surface area contributed by atoms with Crippen LogP contribution in [-0.2, 0) is 6.42 Å². The van der Waals surface area contributed by atoms with E-state index < -0.39 is 6.04 Å². The first-order valence-corrected chi connectivity index (χ1v) is 10.5. The first kappa shape index (κ1) is 19.8. The largest absolute Gasteiger partial charge is 0.360 e. The van der Waals surface area contributed by atoms with Gasteiger partial charge >= 0.3 is 0 Å². The van der Waals surface area contributed by atoms with Gasteiger partial charge in [-0.2, -0.15) is 5.21 Å². The number of aromatic amines is 2. The van der Waals surface area contributed by atoms with Crippen molar-refractivity contribution in [2.45, 2.75) is 12.5 Å². The third-order valence-corrected chi connectivity index (χ3v) is 5.57. The van der Waals surface area contributed by atoms with Crippen molar-refractivity contribution in [2.24, 2.45) is 0 Å². The Morgan fingerprint density at radius 3 is 2.50 bits per heavy atom. The van der Waals surface area contributed by atoms with Crippen LogP contribution in [0.15, 0.2) is 85.1 Å². The molecule has 0 saturated heterocycles.